The maximum Gasteiger partial charge on any atom is 0.268 e. The molecule has 0 saturated heterocycles. The summed E-state index contributed by atoms with van der Waals surface area (Å²) in [6.45, 7) is 2.12. The van der Waals surface area contributed by atoms with Crippen molar-refractivity contribution in [2.45, 2.75) is 13.3 Å². The number of carbonyl (C=O) groups is 1. The number of anilines is 1. The second-order valence-electron chi connectivity index (χ2n) is 4.12. The molecule has 100 valence electrons. The Kier molecular flexibility index (Phi) is 4.81. The van der Waals surface area contributed by atoms with Crippen LogP contribution in [0, 0.1) is 0 Å². The number of benzene rings is 1. The normalized spacial score (nSPS) is 10.5. The van der Waals surface area contributed by atoms with Gasteiger partial charge in [-0.1, -0.05) is 19.1 Å². The molecule has 19 heavy (non-hydrogen) atoms. The molecule has 0 bridgehead atoms. The van der Waals surface area contributed by atoms with Gasteiger partial charge in [0.25, 0.3) is 5.91 Å². The number of amides is 1. The third-order valence-electron chi connectivity index (χ3n) is 2.89. The van der Waals surface area contributed by atoms with Gasteiger partial charge in [-0.2, -0.15) is 0 Å². The summed E-state index contributed by atoms with van der Waals surface area (Å²) < 4.78 is 1.85. The largest absolute Gasteiger partial charge is 0.311 e. The minimum absolute atomic E-state index is 0.000600. The summed E-state index contributed by atoms with van der Waals surface area (Å²) in [5.41, 5.74) is 2.18. The molecule has 1 aromatic heterocycles. The lowest BCUT2D eigenvalue weighted by Crippen LogP contribution is -2.25. The monoisotopic (exact) mass is 401 g/mol. The molecule has 5 heteroatoms. The highest BCUT2D eigenvalue weighted by atomic mass is 79.9. The van der Waals surface area contributed by atoms with Crippen molar-refractivity contribution in [3.63, 3.8) is 0 Å². The van der Waals surface area contributed by atoms with E-state index in [-0.39, 0.29) is 5.91 Å². The van der Waals surface area contributed by atoms with E-state index in [4.69, 9.17) is 0 Å². The Hall–Kier alpha value is -0.650. The second-order valence-corrected chi connectivity index (χ2v) is 7.34. The van der Waals surface area contributed by atoms with Gasteiger partial charge in [-0.25, -0.2) is 0 Å². The molecule has 0 atom stereocenters. The molecule has 0 aliphatic carbocycles. The summed E-state index contributed by atoms with van der Waals surface area (Å²) in [5.74, 6) is 0.000600. The van der Waals surface area contributed by atoms with Crippen molar-refractivity contribution in [1.29, 1.82) is 0 Å². The van der Waals surface area contributed by atoms with Crippen LogP contribution in [0.5, 0.6) is 0 Å². The molecule has 0 fully saturated rings. The first-order valence-electron chi connectivity index (χ1n) is 5.84. The number of rotatable bonds is 3. The number of thiophene rings is 1. The van der Waals surface area contributed by atoms with Crippen LogP contribution in [-0.4, -0.2) is 13.0 Å². The van der Waals surface area contributed by atoms with Gasteiger partial charge in [-0.15, -0.1) is 11.3 Å². The zero-order valence-corrected chi connectivity index (χ0v) is 14.6. The van der Waals surface area contributed by atoms with Crippen molar-refractivity contribution in [3.8, 4) is 0 Å². The highest BCUT2D eigenvalue weighted by molar-refractivity contribution is 9.13. The van der Waals surface area contributed by atoms with E-state index in [9.17, 15) is 4.79 Å². The van der Waals surface area contributed by atoms with Crippen molar-refractivity contribution in [3.05, 3.63) is 49.0 Å². The van der Waals surface area contributed by atoms with Crippen LogP contribution < -0.4 is 4.90 Å². The van der Waals surface area contributed by atoms with Gasteiger partial charge in [-0.3, -0.25) is 4.79 Å². The van der Waals surface area contributed by atoms with Crippen molar-refractivity contribution < 1.29 is 4.79 Å². The minimum Gasteiger partial charge on any atom is -0.311 e. The molecule has 0 unspecified atom stereocenters. The van der Waals surface area contributed by atoms with Gasteiger partial charge >= 0.3 is 0 Å². The van der Waals surface area contributed by atoms with Crippen LogP contribution in [0.25, 0.3) is 0 Å². The summed E-state index contributed by atoms with van der Waals surface area (Å²) >= 11 is 8.24. The maximum absolute atomic E-state index is 12.4. The molecule has 1 aromatic carbocycles. The number of halogens is 2. The summed E-state index contributed by atoms with van der Waals surface area (Å²) in [5, 5.41) is 0. The number of aryl methyl sites for hydroxylation is 1. The highest BCUT2D eigenvalue weighted by Crippen LogP contribution is 2.33. The van der Waals surface area contributed by atoms with Gasteiger partial charge in [-0.05, 0) is 62.0 Å². The van der Waals surface area contributed by atoms with Gasteiger partial charge in [0.05, 0.1) is 8.66 Å². The van der Waals surface area contributed by atoms with Crippen LogP contribution in [0.3, 0.4) is 0 Å². The molecule has 0 aliphatic heterocycles. The molecule has 2 rings (SSSR count). The lowest BCUT2D eigenvalue weighted by Gasteiger charge is -2.16. The van der Waals surface area contributed by atoms with E-state index in [0.717, 1.165) is 20.4 Å². The number of carbonyl (C=O) groups excluding carboxylic acids is 1. The average molecular weight is 403 g/mol. The van der Waals surface area contributed by atoms with E-state index in [1.807, 2.05) is 18.2 Å². The van der Waals surface area contributed by atoms with Crippen molar-refractivity contribution in [1.82, 2.24) is 0 Å². The lowest BCUT2D eigenvalue weighted by molar-refractivity contribution is 0.0997. The van der Waals surface area contributed by atoms with E-state index in [0.29, 0.717) is 4.88 Å². The first-order valence-corrected chi connectivity index (χ1v) is 8.25. The standard InChI is InChI=1S/C14H13Br2NOS/c1-3-9-4-6-10(7-5-9)17(2)14(18)12-8-11(15)13(16)19-12/h4-8H,3H2,1-2H3. The van der Waals surface area contributed by atoms with Gasteiger partial charge in [0.2, 0.25) is 0 Å². The number of nitrogens with zero attached hydrogens (tertiary/aromatic N) is 1. The van der Waals surface area contributed by atoms with Crippen molar-refractivity contribution in [2.75, 3.05) is 11.9 Å². The molecule has 0 aliphatic rings. The Balaban J connectivity index is 2.22. The van der Waals surface area contributed by atoms with Gasteiger partial charge < -0.3 is 4.90 Å². The predicted octanol–water partition coefficient (Wildman–Crippen LogP) is 5.11. The molecule has 0 saturated carbocycles. The molecule has 0 radical (unpaired) electrons. The fourth-order valence-electron chi connectivity index (χ4n) is 1.69. The molecule has 1 heterocycles. The fraction of sp³-hybridized carbons (Fsp3) is 0.214. The number of hydrogen-bond donors (Lipinski definition) is 0. The van der Waals surface area contributed by atoms with E-state index < -0.39 is 0 Å². The van der Waals surface area contributed by atoms with E-state index in [1.165, 1.54) is 16.9 Å². The summed E-state index contributed by atoms with van der Waals surface area (Å²) in [6, 6.07) is 9.91. The van der Waals surface area contributed by atoms with Crippen molar-refractivity contribution in [2.24, 2.45) is 0 Å². The maximum atomic E-state index is 12.4. The molecule has 0 spiro atoms. The fourth-order valence-corrected chi connectivity index (χ4v) is 3.70. The SMILES string of the molecule is CCc1ccc(N(C)C(=O)c2cc(Br)c(Br)s2)cc1. The zero-order chi connectivity index (χ0) is 14.0. The van der Waals surface area contributed by atoms with E-state index in [2.05, 4.69) is 50.9 Å². The Morgan fingerprint density at radius 2 is 1.89 bits per heavy atom. The van der Waals surface area contributed by atoms with Crippen LogP contribution in [-0.2, 0) is 6.42 Å². The summed E-state index contributed by atoms with van der Waals surface area (Å²) in [6.07, 6.45) is 1.00. The molecular formula is C14H13Br2NOS. The average Bonchev–Trinajstić information content (AvgIpc) is 2.77. The Morgan fingerprint density at radius 1 is 1.26 bits per heavy atom. The molecular weight excluding hydrogens is 390 g/mol. The second kappa shape index (κ2) is 6.20. The van der Waals surface area contributed by atoms with Gasteiger partial charge in [0.15, 0.2) is 0 Å². The van der Waals surface area contributed by atoms with Crippen LogP contribution in [0.4, 0.5) is 5.69 Å². The van der Waals surface area contributed by atoms with Crippen LogP contribution in [0.1, 0.15) is 22.2 Å². The minimum atomic E-state index is 0.000600. The summed E-state index contributed by atoms with van der Waals surface area (Å²) in [4.78, 5) is 14.7. The topological polar surface area (TPSA) is 20.3 Å². The third-order valence-corrected chi connectivity index (χ3v) is 6.14. The molecule has 2 aromatic rings. The Morgan fingerprint density at radius 3 is 2.37 bits per heavy atom. The highest BCUT2D eigenvalue weighted by Gasteiger charge is 2.17. The molecule has 1 amide bonds. The van der Waals surface area contributed by atoms with Gasteiger partial charge in [0, 0.05) is 17.2 Å². The summed E-state index contributed by atoms with van der Waals surface area (Å²) in [7, 11) is 1.80. The number of hydrogen-bond acceptors (Lipinski definition) is 2. The zero-order valence-electron chi connectivity index (χ0n) is 10.6. The Labute approximate surface area is 133 Å². The van der Waals surface area contributed by atoms with Gasteiger partial charge in [0.1, 0.15) is 0 Å². The van der Waals surface area contributed by atoms with Crippen molar-refractivity contribution >= 4 is 54.8 Å². The molecule has 0 N–H and O–H groups in total. The first kappa shape index (κ1) is 14.8. The third kappa shape index (κ3) is 3.27. The molecule has 2 nitrogen and oxygen atoms in total. The first-order chi connectivity index (χ1) is 9.02. The smallest absolute Gasteiger partial charge is 0.268 e. The Bertz CT molecular complexity index is 572. The van der Waals surface area contributed by atoms with Crippen LogP contribution in [0.15, 0.2) is 38.6 Å². The van der Waals surface area contributed by atoms with E-state index in [1.54, 1.807) is 11.9 Å². The van der Waals surface area contributed by atoms with Crippen LogP contribution in [0.2, 0.25) is 0 Å². The van der Waals surface area contributed by atoms with Crippen LogP contribution >= 0.6 is 43.2 Å². The quantitative estimate of drug-likeness (QED) is 0.698. The van der Waals surface area contributed by atoms with E-state index >= 15 is 0 Å². The lowest BCUT2D eigenvalue weighted by atomic mass is 10.1. The predicted molar refractivity (Wildman–Crippen MR) is 88.3 cm³/mol.